The molecule has 0 saturated heterocycles. The van der Waals surface area contributed by atoms with E-state index >= 15 is 0 Å². The molecule has 1 unspecified atom stereocenters. The van der Waals surface area contributed by atoms with Crippen molar-refractivity contribution >= 4 is 15.9 Å². The van der Waals surface area contributed by atoms with E-state index < -0.39 is 0 Å². The summed E-state index contributed by atoms with van der Waals surface area (Å²) in [5.74, 6) is 0.727. The third-order valence-electron chi connectivity index (χ3n) is 4.42. The van der Waals surface area contributed by atoms with Crippen molar-refractivity contribution in [3.63, 3.8) is 0 Å². The van der Waals surface area contributed by atoms with E-state index in [1.807, 2.05) is 12.4 Å². The number of hydrogen-bond acceptors (Lipinski definition) is 2. The molecule has 0 radical (unpaired) electrons. The minimum atomic E-state index is 0.258. The molecular formula is C16H25BrN2. The average molecular weight is 325 g/mol. The monoisotopic (exact) mass is 324 g/mol. The Morgan fingerprint density at radius 3 is 2.58 bits per heavy atom. The Bertz CT molecular complexity index is 411. The van der Waals surface area contributed by atoms with Crippen LogP contribution >= 0.6 is 15.9 Å². The fraction of sp³-hybridized carbons (Fsp3) is 0.688. The second kappa shape index (κ2) is 6.36. The summed E-state index contributed by atoms with van der Waals surface area (Å²) in [6.07, 6.45) is 11.3. The van der Waals surface area contributed by atoms with Crippen LogP contribution in [-0.4, -0.2) is 11.0 Å². The lowest BCUT2D eigenvalue weighted by atomic mass is 9.71. The van der Waals surface area contributed by atoms with Gasteiger partial charge < -0.3 is 5.73 Å². The maximum Gasteiger partial charge on any atom is 0.0410 e. The normalized spacial score (nSPS) is 19.8. The van der Waals surface area contributed by atoms with Gasteiger partial charge in [-0.25, -0.2) is 0 Å². The number of hydrogen-bond donors (Lipinski definition) is 1. The first kappa shape index (κ1) is 15.0. The Hall–Kier alpha value is -0.410. The first-order chi connectivity index (χ1) is 9.02. The standard InChI is InChI=1S/C16H25BrN2/c1-12(2)9-16(5-3-4-6-16)15(18)8-13-7-14(17)11-19-10-13/h7,10-12,15H,3-6,8-9,18H2,1-2H3. The second-order valence-corrected chi connectivity index (χ2v) is 7.41. The van der Waals surface area contributed by atoms with Gasteiger partial charge >= 0.3 is 0 Å². The van der Waals surface area contributed by atoms with Gasteiger partial charge in [-0.05, 0) is 64.6 Å². The zero-order chi connectivity index (χ0) is 13.9. The van der Waals surface area contributed by atoms with E-state index in [0.717, 1.165) is 16.8 Å². The van der Waals surface area contributed by atoms with Crippen molar-refractivity contribution < 1.29 is 0 Å². The quantitative estimate of drug-likeness (QED) is 0.875. The molecule has 0 aliphatic heterocycles. The molecule has 0 amide bonds. The molecule has 1 saturated carbocycles. The van der Waals surface area contributed by atoms with Gasteiger partial charge in [0.2, 0.25) is 0 Å². The van der Waals surface area contributed by atoms with Crippen molar-refractivity contribution in [1.29, 1.82) is 0 Å². The van der Waals surface area contributed by atoms with Crippen LogP contribution in [0.5, 0.6) is 0 Å². The number of nitrogens with two attached hydrogens (primary N) is 1. The molecule has 2 rings (SSSR count). The van der Waals surface area contributed by atoms with Gasteiger partial charge in [0.25, 0.3) is 0 Å². The van der Waals surface area contributed by atoms with Gasteiger partial charge in [0.05, 0.1) is 0 Å². The van der Waals surface area contributed by atoms with Gasteiger partial charge in [-0.2, -0.15) is 0 Å². The van der Waals surface area contributed by atoms with Gasteiger partial charge in [0.1, 0.15) is 0 Å². The average Bonchev–Trinajstić information content (AvgIpc) is 2.78. The van der Waals surface area contributed by atoms with Gasteiger partial charge in [0, 0.05) is 22.9 Å². The van der Waals surface area contributed by atoms with E-state index in [1.54, 1.807) is 0 Å². The summed E-state index contributed by atoms with van der Waals surface area (Å²) in [5, 5.41) is 0. The Morgan fingerprint density at radius 2 is 2.00 bits per heavy atom. The van der Waals surface area contributed by atoms with Crippen LogP contribution in [0.25, 0.3) is 0 Å². The molecule has 0 bridgehead atoms. The Morgan fingerprint density at radius 1 is 1.32 bits per heavy atom. The number of aromatic nitrogens is 1. The van der Waals surface area contributed by atoms with Gasteiger partial charge in [-0.3, -0.25) is 4.98 Å². The molecular weight excluding hydrogens is 300 g/mol. The minimum absolute atomic E-state index is 0.258. The SMILES string of the molecule is CC(C)CC1(C(N)Cc2cncc(Br)c2)CCCC1. The van der Waals surface area contributed by atoms with Crippen LogP contribution in [0.4, 0.5) is 0 Å². The largest absolute Gasteiger partial charge is 0.327 e. The van der Waals surface area contributed by atoms with Crippen molar-refractivity contribution in [1.82, 2.24) is 4.98 Å². The summed E-state index contributed by atoms with van der Waals surface area (Å²) in [6.45, 7) is 4.63. The third-order valence-corrected chi connectivity index (χ3v) is 4.85. The first-order valence-corrected chi connectivity index (χ1v) is 8.16. The van der Waals surface area contributed by atoms with Crippen molar-refractivity contribution in [3.05, 3.63) is 28.5 Å². The molecule has 3 heteroatoms. The summed E-state index contributed by atoms with van der Waals surface area (Å²) >= 11 is 3.49. The fourth-order valence-corrected chi connectivity index (χ4v) is 4.07. The maximum atomic E-state index is 6.60. The molecule has 2 nitrogen and oxygen atoms in total. The van der Waals surface area contributed by atoms with Crippen molar-refractivity contribution in [2.45, 2.75) is 58.4 Å². The smallest absolute Gasteiger partial charge is 0.0410 e. The highest BCUT2D eigenvalue weighted by Crippen LogP contribution is 2.46. The molecule has 1 atom stereocenters. The van der Waals surface area contributed by atoms with Crippen LogP contribution in [0.15, 0.2) is 22.9 Å². The Labute approximate surface area is 125 Å². The van der Waals surface area contributed by atoms with Crippen molar-refractivity contribution in [2.75, 3.05) is 0 Å². The minimum Gasteiger partial charge on any atom is -0.327 e. The molecule has 0 aromatic carbocycles. The van der Waals surface area contributed by atoms with Crippen LogP contribution in [0.2, 0.25) is 0 Å². The molecule has 0 spiro atoms. The molecule has 1 heterocycles. The lowest BCUT2D eigenvalue weighted by Gasteiger charge is -2.37. The summed E-state index contributed by atoms with van der Waals surface area (Å²) in [5.41, 5.74) is 8.21. The van der Waals surface area contributed by atoms with E-state index in [0.29, 0.717) is 5.41 Å². The number of halogens is 1. The van der Waals surface area contributed by atoms with Crippen LogP contribution in [-0.2, 0) is 6.42 Å². The number of nitrogens with zero attached hydrogens (tertiary/aromatic N) is 1. The van der Waals surface area contributed by atoms with E-state index in [1.165, 1.54) is 37.7 Å². The highest BCUT2D eigenvalue weighted by molar-refractivity contribution is 9.10. The van der Waals surface area contributed by atoms with Crippen LogP contribution in [0, 0.1) is 11.3 Å². The van der Waals surface area contributed by atoms with E-state index in [2.05, 4.69) is 40.8 Å². The van der Waals surface area contributed by atoms with Crippen molar-refractivity contribution in [3.8, 4) is 0 Å². The van der Waals surface area contributed by atoms with E-state index in [4.69, 9.17) is 5.73 Å². The van der Waals surface area contributed by atoms with E-state index in [9.17, 15) is 0 Å². The lowest BCUT2D eigenvalue weighted by Crippen LogP contribution is -2.42. The maximum absolute atomic E-state index is 6.60. The van der Waals surface area contributed by atoms with Gasteiger partial charge in [-0.1, -0.05) is 26.7 Å². The molecule has 1 fully saturated rings. The predicted octanol–water partition coefficient (Wildman–Crippen LogP) is 4.32. The number of rotatable bonds is 5. The van der Waals surface area contributed by atoms with Crippen molar-refractivity contribution in [2.24, 2.45) is 17.1 Å². The zero-order valence-electron chi connectivity index (χ0n) is 12.0. The molecule has 1 aromatic rings. The molecule has 1 aromatic heterocycles. The van der Waals surface area contributed by atoms with Crippen LogP contribution in [0.3, 0.4) is 0 Å². The summed E-state index contributed by atoms with van der Waals surface area (Å²) in [4.78, 5) is 4.25. The summed E-state index contributed by atoms with van der Waals surface area (Å²) in [7, 11) is 0. The molecule has 1 aliphatic carbocycles. The summed E-state index contributed by atoms with van der Waals surface area (Å²) < 4.78 is 1.04. The lowest BCUT2D eigenvalue weighted by molar-refractivity contribution is 0.181. The van der Waals surface area contributed by atoms with E-state index in [-0.39, 0.29) is 6.04 Å². The molecule has 19 heavy (non-hydrogen) atoms. The fourth-order valence-electron chi connectivity index (χ4n) is 3.66. The van der Waals surface area contributed by atoms with Crippen LogP contribution < -0.4 is 5.73 Å². The van der Waals surface area contributed by atoms with Gasteiger partial charge in [0.15, 0.2) is 0 Å². The second-order valence-electron chi connectivity index (χ2n) is 6.49. The first-order valence-electron chi connectivity index (χ1n) is 7.37. The highest BCUT2D eigenvalue weighted by Gasteiger charge is 2.39. The highest BCUT2D eigenvalue weighted by atomic mass is 79.9. The van der Waals surface area contributed by atoms with Gasteiger partial charge in [-0.15, -0.1) is 0 Å². The zero-order valence-corrected chi connectivity index (χ0v) is 13.6. The third kappa shape index (κ3) is 3.79. The topological polar surface area (TPSA) is 38.9 Å². The number of pyridine rings is 1. The molecule has 2 N–H and O–H groups in total. The molecule has 106 valence electrons. The molecule has 1 aliphatic rings. The summed E-state index contributed by atoms with van der Waals surface area (Å²) in [6, 6.07) is 2.40. The Kier molecular flexibility index (Phi) is 5.02. The van der Waals surface area contributed by atoms with Crippen LogP contribution in [0.1, 0.15) is 51.5 Å². The Balaban J connectivity index is 2.09. The predicted molar refractivity (Wildman–Crippen MR) is 84.0 cm³/mol.